The molecule has 3 heteroatoms. The maximum absolute atomic E-state index is 10.2. The van der Waals surface area contributed by atoms with E-state index in [4.69, 9.17) is 0 Å². The molecule has 0 spiro atoms. The molecule has 1 radical (unpaired) electrons. The minimum Gasteiger partial charge on any atom is -0.438 e. The van der Waals surface area contributed by atoms with Crippen molar-refractivity contribution in [2.75, 3.05) is 7.11 Å². The average Bonchev–Trinajstić information content (AvgIpc) is 1.83. The summed E-state index contributed by atoms with van der Waals surface area (Å²) >= 11 is 0. The molecule has 0 aliphatic carbocycles. The second kappa shape index (κ2) is 4.18. The molecule has 3 nitrogen and oxygen atoms in total. The van der Waals surface area contributed by atoms with Crippen LogP contribution in [0.15, 0.2) is 0 Å². The van der Waals surface area contributed by atoms with Gasteiger partial charge in [-0.15, -0.1) is 0 Å². The SMILES string of the molecule is COC(=O)O[CH]C(C)C. The maximum atomic E-state index is 10.2. The van der Waals surface area contributed by atoms with Crippen LogP contribution in [0.3, 0.4) is 0 Å². The Labute approximate surface area is 55.0 Å². The molecule has 53 valence electrons. The summed E-state index contributed by atoms with van der Waals surface area (Å²) < 4.78 is 8.67. The van der Waals surface area contributed by atoms with Crippen molar-refractivity contribution in [3.8, 4) is 0 Å². The van der Waals surface area contributed by atoms with Crippen LogP contribution < -0.4 is 0 Å². The summed E-state index contributed by atoms with van der Waals surface area (Å²) in [6.45, 7) is 5.23. The van der Waals surface area contributed by atoms with Gasteiger partial charge in [0.15, 0.2) is 0 Å². The van der Waals surface area contributed by atoms with Crippen molar-refractivity contribution in [3.63, 3.8) is 0 Å². The van der Waals surface area contributed by atoms with E-state index in [1.807, 2.05) is 13.8 Å². The van der Waals surface area contributed by atoms with E-state index in [-0.39, 0.29) is 5.92 Å². The fourth-order valence-electron chi connectivity index (χ4n) is 0.240. The summed E-state index contributed by atoms with van der Waals surface area (Å²) in [7, 11) is 1.27. The largest absolute Gasteiger partial charge is 0.508 e. The number of methoxy groups -OCH3 is 1. The van der Waals surface area contributed by atoms with Crippen molar-refractivity contribution in [1.82, 2.24) is 0 Å². The predicted octanol–water partition coefficient (Wildman–Crippen LogP) is 1.59. The minimum atomic E-state index is -0.663. The lowest BCUT2D eigenvalue weighted by Gasteiger charge is -2.02. The van der Waals surface area contributed by atoms with Gasteiger partial charge in [0.05, 0.1) is 7.11 Å². The van der Waals surface area contributed by atoms with Crippen LogP contribution in [0.5, 0.6) is 0 Å². The van der Waals surface area contributed by atoms with E-state index in [1.165, 1.54) is 13.7 Å². The first-order valence-corrected chi connectivity index (χ1v) is 2.74. The summed E-state index contributed by atoms with van der Waals surface area (Å²) in [5.41, 5.74) is 0. The highest BCUT2D eigenvalue weighted by Gasteiger charge is 2.01. The third kappa shape index (κ3) is 5.14. The van der Waals surface area contributed by atoms with Gasteiger partial charge in [-0.25, -0.2) is 4.79 Å². The highest BCUT2D eigenvalue weighted by molar-refractivity contribution is 5.59. The summed E-state index contributed by atoms with van der Waals surface area (Å²) in [5, 5.41) is 0. The fraction of sp³-hybridized carbons (Fsp3) is 0.667. The highest BCUT2D eigenvalue weighted by Crippen LogP contribution is 1.99. The maximum Gasteiger partial charge on any atom is 0.508 e. The Morgan fingerprint density at radius 2 is 2.11 bits per heavy atom. The van der Waals surface area contributed by atoms with Crippen molar-refractivity contribution in [2.45, 2.75) is 13.8 Å². The Hall–Kier alpha value is -0.730. The van der Waals surface area contributed by atoms with E-state index in [0.717, 1.165) is 0 Å². The van der Waals surface area contributed by atoms with E-state index >= 15 is 0 Å². The van der Waals surface area contributed by atoms with E-state index < -0.39 is 6.16 Å². The Balaban J connectivity index is 3.17. The number of carbonyl (C=O) groups is 1. The minimum absolute atomic E-state index is 0.240. The molecule has 0 bridgehead atoms. The molecule has 0 aliphatic rings. The first-order chi connectivity index (χ1) is 4.16. The van der Waals surface area contributed by atoms with Crippen LogP contribution in [-0.4, -0.2) is 13.3 Å². The van der Waals surface area contributed by atoms with Crippen LogP contribution in [0.4, 0.5) is 4.79 Å². The molecule has 0 rings (SSSR count). The molecule has 0 N–H and O–H groups in total. The predicted molar refractivity (Wildman–Crippen MR) is 32.6 cm³/mol. The highest BCUT2D eigenvalue weighted by atomic mass is 16.7. The second-order valence-electron chi connectivity index (χ2n) is 1.95. The van der Waals surface area contributed by atoms with Gasteiger partial charge in [0, 0.05) is 0 Å². The number of carbonyl (C=O) groups excluding carboxylic acids is 1. The third-order valence-corrected chi connectivity index (χ3v) is 0.603. The molecular weight excluding hydrogens is 120 g/mol. The van der Waals surface area contributed by atoms with Gasteiger partial charge in [-0.1, -0.05) is 13.8 Å². The van der Waals surface area contributed by atoms with Crippen molar-refractivity contribution in [2.24, 2.45) is 5.92 Å². The molecule has 0 saturated carbocycles. The van der Waals surface area contributed by atoms with Gasteiger partial charge < -0.3 is 9.47 Å². The lowest BCUT2D eigenvalue weighted by Crippen LogP contribution is -2.04. The Kier molecular flexibility index (Phi) is 3.84. The zero-order valence-electron chi connectivity index (χ0n) is 5.88. The lowest BCUT2D eigenvalue weighted by molar-refractivity contribution is 0.0870. The number of rotatable bonds is 2. The topological polar surface area (TPSA) is 35.5 Å². The van der Waals surface area contributed by atoms with Gasteiger partial charge >= 0.3 is 6.16 Å². The van der Waals surface area contributed by atoms with Crippen LogP contribution in [0.2, 0.25) is 0 Å². The van der Waals surface area contributed by atoms with E-state index in [1.54, 1.807) is 0 Å². The van der Waals surface area contributed by atoms with E-state index in [2.05, 4.69) is 9.47 Å². The van der Waals surface area contributed by atoms with Gasteiger partial charge in [0.25, 0.3) is 0 Å². The summed E-state index contributed by atoms with van der Waals surface area (Å²) in [4.78, 5) is 10.2. The molecule has 0 amide bonds. The molecule has 0 atom stereocenters. The number of hydrogen-bond donors (Lipinski definition) is 0. The quantitative estimate of drug-likeness (QED) is 0.534. The van der Waals surface area contributed by atoms with Crippen molar-refractivity contribution >= 4 is 6.16 Å². The van der Waals surface area contributed by atoms with Crippen molar-refractivity contribution in [3.05, 3.63) is 6.61 Å². The Bertz CT molecular complexity index is 88.3. The molecule has 0 fully saturated rings. The van der Waals surface area contributed by atoms with Crippen LogP contribution in [0, 0.1) is 12.5 Å². The normalized spacial score (nSPS) is 9.33. The van der Waals surface area contributed by atoms with Crippen molar-refractivity contribution in [1.29, 1.82) is 0 Å². The number of hydrogen-bond acceptors (Lipinski definition) is 3. The molecule has 0 aromatic heterocycles. The van der Waals surface area contributed by atoms with Crippen LogP contribution in [-0.2, 0) is 9.47 Å². The number of ether oxygens (including phenoxy) is 2. The molecule has 0 aromatic rings. The van der Waals surface area contributed by atoms with Gasteiger partial charge in [-0.2, -0.15) is 0 Å². The van der Waals surface area contributed by atoms with E-state index in [9.17, 15) is 4.79 Å². The molecule has 0 heterocycles. The van der Waals surface area contributed by atoms with Gasteiger partial charge in [0.1, 0.15) is 6.61 Å². The monoisotopic (exact) mass is 131 g/mol. The summed E-state index contributed by atoms with van der Waals surface area (Å²) in [6.07, 6.45) is -0.663. The van der Waals surface area contributed by atoms with Crippen molar-refractivity contribution < 1.29 is 14.3 Å². The zero-order chi connectivity index (χ0) is 7.28. The fourth-order valence-corrected chi connectivity index (χ4v) is 0.240. The molecule has 0 unspecified atom stereocenters. The lowest BCUT2D eigenvalue weighted by atomic mass is 10.2. The summed E-state index contributed by atoms with van der Waals surface area (Å²) in [5.74, 6) is 0.240. The Morgan fingerprint density at radius 3 is 2.44 bits per heavy atom. The van der Waals surface area contributed by atoms with Gasteiger partial charge in [-0.3, -0.25) is 0 Å². The van der Waals surface area contributed by atoms with Gasteiger partial charge in [0.2, 0.25) is 0 Å². The summed E-state index contributed by atoms with van der Waals surface area (Å²) in [6, 6.07) is 0. The Morgan fingerprint density at radius 1 is 1.56 bits per heavy atom. The average molecular weight is 131 g/mol. The molecule has 0 aliphatic heterocycles. The van der Waals surface area contributed by atoms with Crippen LogP contribution in [0.1, 0.15) is 13.8 Å². The third-order valence-electron chi connectivity index (χ3n) is 0.603. The van der Waals surface area contributed by atoms with Crippen LogP contribution in [0.25, 0.3) is 0 Å². The van der Waals surface area contributed by atoms with Gasteiger partial charge in [-0.05, 0) is 5.92 Å². The molecule has 9 heavy (non-hydrogen) atoms. The van der Waals surface area contributed by atoms with Crippen LogP contribution >= 0.6 is 0 Å². The molecular formula is C6H11O3. The molecule has 0 saturated heterocycles. The van der Waals surface area contributed by atoms with E-state index in [0.29, 0.717) is 0 Å². The molecule has 0 aromatic carbocycles. The second-order valence-corrected chi connectivity index (χ2v) is 1.95. The standard InChI is InChI=1S/C6H11O3/c1-5(2)4-9-6(7)8-3/h4-5H,1-3H3. The smallest absolute Gasteiger partial charge is 0.438 e. The first kappa shape index (κ1) is 8.27. The zero-order valence-corrected chi connectivity index (χ0v) is 5.88. The first-order valence-electron chi connectivity index (χ1n) is 2.74.